The van der Waals surface area contributed by atoms with Gasteiger partial charge in [-0.15, -0.1) is 12.4 Å². The van der Waals surface area contributed by atoms with Gasteiger partial charge in [0.05, 0.1) is 16.8 Å². The number of rotatable bonds is 3. The van der Waals surface area contributed by atoms with E-state index in [1.165, 1.54) is 0 Å². The van der Waals surface area contributed by atoms with Gasteiger partial charge in [0.1, 0.15) is 5.82 Å². The SMILES string of the molecule is CC(C)c1ncc(Cl)c(-c2nc(C3(N)CCCC3)no2)n1.Cl. The smallest absolute Gasteiger partial charge is 0.278 e. The molecule has 2 heterocycles. The summed E-state index contributed by atoms with van der Waals surface area (Å²) in [6.45, 7) is 4.03. The molecule has 0 unspecified atom stereocenters. The summed E-state index contributed by atoms with van der Waals surface area (Å²) in [5.74, 6) is 1.73. The second-order valence-corrected chi connectivity index (χ2v) is 6.27. The van der Waals surface area contributed by atoms with Crippen LogP contribution in [0.4, 0.5) is 0 Å². The maximum atomic E-state index is 6.34. The minimum Gasteiger partial charge on any atom is -0.332 e. The molecule has 1 fully saturated rings. The van der Waals surface area contributed by atoms with Crippen LogP contribution in [0.1, 0.15) is 57.1 Å². The van der Waals surface area contributed by atoms with Crippen LogP contribution in [0.5, 0.6) is 0 Å². The van der Waals surface area contributed by atoms with Crippen LogP contribution in [-0.4, -0.2) is 20.1 Å². The Kier molecular flexibility index (Phi) is 5.04. The highest BCUT2D eigenvalue weighted by atomic mass is 35.5. The van der Waals surface area contributed by atoms with Crippen molar-refractivity contribution < 1.29 is 4.52 Å². The van der Waals surface area contributed by atoms with E-state index in [1.54, 1.807) is 6.20 Å². The topological polar surface area (TPSA) is 90.7 Å². The summed E-state index contributed by atoms with van der Waals surface area (Å²) in [5.41, 5.74) is 6.32. The van der Waals surface area contributed by atoms with Gasteiger partial charge in [-0.1, -0.05) is 43.4 Å². The summed E-state index contributed by atoms with van der Waals surface area (Å²) in [7, 11) is 0. The number of nitrogens with two attached hydrogens (primary N) is 1. The molecule has 120 valence electrons. The lowest BCUT2D eigenvalue weighted by Crippen LogP contribution is -2.34. The molecule has 0 saturated heterocycles. The van der Waals surface area contributed by atoms with Crippen LogP contribution >= 0.6 is 24.0 Å². The predicted molar refractivity (Wildman–Crippen MR) is 86.0 cm³/mol. The molecular formula is C14H19Cl2N5O. The first kappa shape index (κ1) is 17.1. The van der Waals surface area contributed by atoms with Crippen molar-refractivity contribution in [2.45, 2.75) is 51.0 Å². The highest BCUT2D eigenvalue weighted by Crippen LogP contribution is 2.36. The first-order valence-electron chi connectivity index (χ1n) is 7.15. The van der Waals surface area contributed by atoms with E-state index < -0.39 is 5.54 Å². The average molecular weight is 344 g/mol. The third-order valence-corrected chi connectivity index (χ3v) is 4.13. The largest absolute Gasteiger partial charge is 0.332 e. The minimum absolute atomic E-state index is 0. The molecule has 3 rings (SSSR count). The standard InChI is InChI=1S/C14H18ClN5O.ClH/c1-8(2)11-17-7-9(15)10(18-11)12-19-13(20-21-12)14(16)5-3-4-6-14;/h7-8H,3-6,16H2,1-2H3;1H. The van der Waals surface area contributed by atoms with Gasteiger partial charge in [0.15, 0.2) is 11.5 Å². The van der Waals surface area contributed by atoms with Gasteiger partial charge in [-0.25, -0.2) is 9.97 Å². The van der Waals surface area contributed by atoms with Crippen molar-refractivity contribution >= 4 is 24.0 Å². The molecule has 2 N–H and O–H groups in total. The van der Waals surface area contributed by atoms with Crippen LogP contribution in [0.2, 0.25) is 5.02 Å². The van der Waals surface area contributed by atoms with Crippen LogP contribution < -0.4 is 5.73 Å². The molecule has 0 aromatic carbocycles. The van der Waals surface area contributed by atoms with Crippen molar-refractivity contribution in [1.82, 2.24) is 20.1 Å². The molecule has 0 amide bonds. The van der Waals surface area contributed by atoms with Crippen molar-refractivity contribution in [2.24, 2.45) is 5.73 Å². The zero-order valence-corrected chi connectivity index (χ0v) is 14.1. The van der Waals surface area contributed by atoms with Crippen LogP contribution in [0.25, 0.3) is 11.6 Å². The van der Waals surface area contributed by atoms with Gasteiger partial charge < -0.3 is 10.3 Å². The molecule has 0 spiro atoms. The quantitative estimate of drug-likeness (QED) is 0.917. The molecule has 0 radical (unpaired) electrons. The van der Waals surface area contributed by atoms with E-state index in [-0.39, 0.29) is 18.3 Å². The second kappa shape index (κ2) is 6.48. The molecule has 2 aromatic heterocycles. The highest BCUT2D eigenvalue weighted by molar-refractivity contribution is 6.32. The molecule has 2 aromatic rings. The Morgan fingerprint density at radius 1 is 1.27 bits per heavy atom. The molecule has 8 heteroatoms. The first-order valence-corrected chi connectivity index (χ1v) is 7.53. The third-order valence-electron chi connectivity index (χ3n) is 3.85. The van der Waals surface area contributed by atoms with Gasteiger partial charge in [0, 0.05) is 5.92 Å². The summed E-state index contributed by atoms with van der Waals surface area (Å²) in [5, 5.41) is 4.43. The summed E-state index contributed by atoms with van der Waals surface area (Å²) >= 11 is 6.16. The number of hydrogen-bond donors (Lipinski definition) is 1. The van der Waals surface area contributed by atoms with Crippen LogP contribution in [0.3, 0.4) is 0 Å². The average Bonchev–Trinajstić information content (AvgIpc) is 3.08. The molecule has 1 aliphatic rings. The maximum absolute atomic E-state index is 6.34. The summed E-state index contributed by atoms with van der Waals surface area (Å²) < 4.78 is 5.33. The Bertz CT molecular complexity index is 652. The third kappa shape index (κ3) is 3.09. The van der Waals surface area contributed by atoms with E-state index in [9.17, 15) is 0 Å². The van der Waals surface area contributed by atoms with Crippen molar-refractivity contribution in [2.75, 3.05) is 0 Å². The van der Waals surface area contributed by atoms with Gasteiger partial charge in [-0.3, -0.25) is 0 Å². The monoisotopic (exact) mass is 343 g/mol. The minimum atomic E-state index is -0.484. The van der Waals surface area contributed by atoms with Crippen LogP contribution in [0.15, 0.2) is 10.7 Å². The maximum Gasteiger partial charge on any atom is 0.278 e. The molecule has 0 aliphatic heterocycles. The van der Waals surface area contributed by atoms with Crippen LogP contribution in [0, 0.1) is 0 Å². The van der Waals surface area contributed by atoms with Crippen LogP contribution in [-0.2, 0) is 5.54 Å². The van der Waals surface area contributed by atoms with Gasteiger partial charge >= 0.3 is 0 Å². The van der Waals surface area contributed by atoms with E-state index in [0.29, 0.717) is 28.3 Å². The molecule has 22 heavy (non-hydrogen) atoms. The first-order chi connectivity index (χ1) is 9.99. The van der Waals surface area contributed by atoms with Crippen molar-refractivity contribution in [1.29, 1.82) is 0 Å². The molecule has 1 saturated carbocycles. The Morgan fingerprint density at radius 3 is 2.59 bits per heavy atom. The fraction of sp³-hybridized carbons (Fsp3) is 0.571. The van der Waals surface area contributed by atoms with E-state index >= 15 is 0 Å². The van der Waals surface area contributed by atoms with Crippen molar-refractivity contribution in [3.63, 3.8) is 0 Å². The Balaban J connectivity index is 0.00000176. The van der Waals surface area contributed by atoms with Gasteiger partial charge in [0.25, 0.3) is 5.89 Å². The number of halogens is 2. The second-order valence-electron chi connectivity index (χ2n) is 5.87. The molecule has 0 atom stereocenters. The fourth-order valence-corrected chi connectivity index (χ4v) is 2.73. The van der Waals surface area contributed by atoms with E-state index in [0.717, 1.165) is 25.7 Å². The van der Waals surface area contributed by atoms with Crippen molar-refractivity contribution in [3.05, 3.63) is 22.9 Å². The number of nitrogens with zero attached hydrogens (tertiary/aromatic N) is 4. The molecular weight excluding hydrogens is 325 g/mol. The Morgan fingerprint density at radius 2 is 1.95 bits per heavy atom. The summed E-state index contributed by atoms with van der Waals surface area (Å²) in [4.78, 5) is 13.0. The lowest BCUT2D eigenvalue weighted by atomic mass is 9.99. The van der Waals surface area contributed by atoms with Gasteiger partial charge in [0.2, 0.25) is 0 Å². The lowest BCUT2D eigenvalue weighted by Gasteiger charge is -2.17. The van der Waals surface area contributed by atoms with Crippen molar-refractivity contribution in [3.8, 4) is 11.6 Å². The zero-order chi connectivity index (χ0) is 15.0. The molecule has 0 bridgehead atoms. The van der Waals surface area contributed by atoms with Gasteiger partial charge in [-0.2, -0.15) is 4.98 Å². The Labute approximate surface area is 140 Å². The number of aromatic nitrogens is 4. The summed E-state index contributed by atoms with van der Waals surface area (Å²) in [6.07, 6.45) is 5.50. The number of hydrogen-bond acceptors (Lipinski definition) is 6. The fourth-order valence-electron chi connectivity index (χ4n) is 2.56. The van der Waals surface area contributed by atoms with E-state index in [4.69, 9.17) is 21.9 Å². The van der Waals surface area contributed by atoms with E-state index in [1.807, 2.05) is 13.8 Å². The zero-order valence-electron chi connectivity index (χ0n) is 12.5. The Hall–Kier alpha value is -1.24. The molecule has 1 aliphatic carbocycles. The molecule has 6 nitrogen and oxygen atoms in total. The predicted octanol–water partition coefficient (Wildman–Crippen LogP) is 3.45. The highest BCUT2D eigenvalue weighted by Gasteiger charge is 2.36. The normalized spacial score (nSPS) is 16.8. The lowest BCUT2D eigenvalue weighted by molar-refractivity contribution is 0.372. The summed E-state index contributed by atoms with van der Waals surface area (Å²) in [6, 6.07) is 0. The van der Waals surface area contributed by atoms with E-state index in [2.05, 4.69) is 20.1 Å². The van der Waals surface area contributed by atoms with Gasteiger partial charge in [-0.05, 0) is 12.8 Å².